The number of hydrogen-bond acceptors (Lipinski definition) is 5. The number of nitrogens with zero attached hydrogens (tertiary/aromatic N) is 3. The Balaban J connectivity index is 1.69. The highest BCUT2D eigenvalue weighted by Gasteiger charge is 2.20. The summed E-state index contributed by atoms with van der Waals surface area (Å²) in [5.74, 6) is -1.16. The van der Waals surface area contributed by atoms with Crippen molar-refractivity contribution in [2.24, 2.45) is 0 Å². The lowest BCUT2D eigenvalue weighted by Crippen LogP contribution is -2.30. The lowest BCUT2D eigenvalue weighted by atomic mass is 10.2. The zero-order valence-corrected chi connectivity index (χ0v) is 16.1. The van der Waals surface area contributed by atoms with Crippen molar-refractivity contribution in [3.05, 3.63) is 52.0 Å². The van der Waals surface area contributed by atoms with Crippen LogP contribution in [0.1, 0.15) is 24.2 Å². The number of carbonyl (C=O) groups excluding carboxylic acids is 2. The van der Waals surface area contributed by atoms with Gasteiger partial charge in [-0.15, -0.1) is 5.10 Å². The molecule has 0 spiro atoms. The summed E-state index contributed by atoms with van der Waals surface area (Å²) in [6.45, 7) is 4.09. The van der Waals surface area contributed by atoms with Crippen molar-refractivity contribution in [3.8, 4) is 0 Å². The van der Waals surface area contributed by atoms with Crippen molar-refractivity contribution in [1.82, 2.24) is 15.0 Å². The van der Waals surface area contributed by atoms with Gasteiger partial charge in [0, 0.05) is 11.6 Å². The van der Waals surface area contributed by atoms with Gasteiger partial charge in [-0.25, -0.2) is 9.48 Å². The first kappa shape index (κ1) is 19.1. The summed E-state index contributed by atoms with van der Waals surface area (Å²) in [4.78, 5) is 24.6. The molecule has 1 heterocycles. The molecule has 0 fully saturated rings. The summed E-state index contributed by atoms with van der Waals surface area (Å²) in [6, 6.07) is 9.61. The maximum Gasteiger partial charge on any atom is 0.338 e. The van der Waals surface area contributed by atoms with Crippen LogP contribution in [0.4, 0.5) is 5.69 Å². The number of anilines is 1. The zero-order valence-electron chi connectivity index (χ0n) is 14.6. The number of aryl methyl sites for hydroxylation is 1. The molecule has 0 unspecified atom stereocenters. The van der Waals surface area contributed by atoms with Crippen molar-refractivity contribution < 1.29 is 14.3 Å². The number of ether oxygens (including phenoxy) is 1. The van der Waals surface area contributed by atoms with Gasteiger partial charge in [-0.05, 0) is 50.2 Å². The largest absolute Gasteiger partial charge is 0.449 e. The van der Waals surface area contributed by atoms with E-state index in [9.17, 15) is 9.59 Å². The van der Waals surface area contributed by atoms with Gasteiger partial charge in [-0.2, -0.15) is 0 Å². The molecule has 7 nitrogen and oxygen atoms in total. The molecule has 1 atom stereocenters. The van der Waals surface area contributed by atoms with E-state index in [0.717, 1.165) is 5.52 Å². The number of esters is 1. The summed E-state index contributed by atoms with van der Waals surface area (Å²) in [5, 5.41) is 11.4. The Morgan fingerprint density at radius 3 is 2.74 bits per heavy atom. The van der Waals surface area contributed by atoms with E-state index in [-0.39, 0.29) is 5.56 Å². The van der Waals surface area contributed by atoms with Crippen molar-refractivity contribution in [3.63, 3.8) is 0 Å². The minimum Gasteiger partial charge on any atom is -0.449 e. The number of rotatable bonds is 5. The summed E-state index contributed by atoms with van der Waals surface area (Å²) in [6.07, 6.45) is -1.03. The molecule has 9 heteroatoms. The zero-order chi connectivity index (χ0) is 19.6. The minimum atomic E-state index is -1.03. The van der Waals surface area contributed by atoms with E-state index < -0.39 is 18.0 Å². The summed E-state index contributed by atoms with van der Waals surface area (Å²) in [5.41, 5.74) is 2.02. The Labute approximate surface area is 165 Å². The van der Waals surface area contributed by atoms with Crippen molar-refractivity contribution in [2.75, 3.05) is 5.32 Å². The molecule has 2 aromatic carbocycles. The second-order valence-electron chi connectivity index (χ2n) is 5.77. The fourth-order valence-electron chi connectivity index (χ4n) is 2.44. The summed E-state index contributed by atoms with van der Waals surface area (Å²) < 4.78 is 6.96. The van der Waals surface area contributed by atoms with E-state index >= 15 is 0 Å². The SMILES string of the molecule is CCn1nnc2cc(C(=O)O[C@@H](C)C(=O)Nc3cc(Cl)ccc3Cl)ccc21. The van der Waals surface area contributed by atoms with Crippen LogP contribution in [0.15, 0.2) is 36.4 Å². The molecule has 1 amide bonds. The van der Waals surface area contributed by atoms with Gasteiger partial charge >= 0.3 is 5.97 Å². The van der Waals surface area contributed by atoms with Crippen LogP contribution in [0.5, 0.6) is 0 Å². The van der Waals surface area contributed by atoms with Crippen molar-refractivity contribution in [2.45, 2.75) is 26.5 Å². The Hall–Kier alpha value is -2.64. The second-order valence-corrected chi connectivity index (χ2v) is 6.61. The number of benzene rings is 2. The molecule has 0 radical (unpaired) electrons. The monoisotopic (exact) mass is 406 g/mol. The second kappa shape index (κ2) is 7.94. The fourth-order valence-corrected chi connectivity index (χ4v) is 2.78. The molecule has 0 saturated heterocycles. The average Bonchev–Trinajstić information content (AvgIpc) is 3.06. The van der Waals surface area contributed by atoms with Crippen molar-refractivity contribution in [1.29, 1.82) is 0 Å². The normalized spacial score (nSPS) is 12.0. The van der Waals surface area contributed by atoms with E-state index in [2.05, 4.69) is 15.6 Å². The van der Waals surface area contributed by atoms with Crippen LogP contribution in [0, 0.1) is 0 Å². The number of hydrogen-bond donors (Lipinski definition) is 1. The highest BCUT2D eigenvalue weighted by molar-refractivity contribution is 6.35. The van der Waals surface area contributed by atoms with Crippen LogP contribution in [-0.2, 0) is 16.1 Å². The minimum absolute atomic E-state index is 0.283. The molecular formula is C18H16Cl2N4O3. The average molecular weight is 407 g/mol. The highest BCUT2D eigenvalue weighted by Crippen LogP contribution is 2.25. The molecule has 0 saturated carbocycles. The molecule has 3 aromatic rings. The fraction of sp³-hybridized carbons (Fsp3) is 0.222. The number of carbonyl (C=O) groups is 2. The standard InChI is InChI=1S/C18H16Cl2N4O3/c1-3-24-16-7-4-11(8-15(16)22-23-24)18(26)27-10(2)17(25)21-14-9-12(19)5-6-13(14)20/h4-10H,3H2,1-2H3,(H,21,25)/t10-/m0/s1. The summed E-state index contributed by atoms with van der Waals surface area (Å²) in [7, 11) is 0. The third-order valence-corrected chi connectivity index (χ3v) is 4.45. The van der Waals surface area contributed by atoms with Crippen LogP contribution in [0.25, 0.3) is 11.0 Å². The summed E-state index contributed by atoms with van der Waals surface area (Å²) >= 11 is 11.9. The van der Waals surface area contributed by atoms with E-state index in [1.165, 1.54) is 13.0 Å². The first-order valence-electron chi connectivity index (χ1n) is 8.19. The van der Waals surface area contributed by atoms with Crippen LogP contribution in [-0.4, -0.2) is 33.0 Å². The van der Waals surface area contributed by atoms with Crippen molar-refractivity contribution >= 4 is 51.8 Å². The quantitative estimate of drug-likeness (QED) is 0.648. The predicted molar refractivity (Wildman–Crippen MR) is 103 cm³/mol. The number of amides is 1. The Bertz CT molecular complexity index is 1020. The Kier molecular flexibility index (Phi) is 5.62. The Morgan fingerprint density at radius 2 is 2.00 bits per heavy atom. The molecular weight excluding hydrogens is 391 g/mol. The third kappa shape index (κ3) is 4.20. The predicted octanol–water partition coefficient (Wildman–Crippen LogP) is 3.94. The molecule has 0 bridgehead atoms. The van der Waals surface area contributed by atoms with E-state index in [1.54, 1.807) is 35.0 Å². The lowest BCUT2D eigenvalue weighted by Gasteiger charge is -2.14. The van der Waals surface area contributed by atoms with Gasteiger partial charge < -0.3 is 10.1 Å². The van der Waals surface area contributed by atoms with Gasteiger partial charge in [0.1, 0.15) is 5.52 Å². The van der Waals surface area contributed by atoms with Gasteiger partial charge in [0.05, 0.1) is 21.8 Å². The Morgan fingerprint density at radius 1 is 1.22 bits per heavy atom. The number of fused-ring (bicyclic) bond motifs is 1. The maximum absolute atomic E-state index is 12.3. The third-order valence-electron chi connectivity index (χ3n) is 3.89. The lowest BCUT2D eigenvalue weighted by molar-refractivity contribution is -0.123. The molecule has 1 aromatic heterocycles. The molecule has 0 aliphatic carbocycles. The molecule has 3 rings (SSSR count). The number of halogens is 2. The van der Waals surface area contributed by atoms with E-state index in [4.69, 9.17) is 27.9 Å². The van der Waals surface area contributed by atoms with Crippen LogP contribution in [0.3, 0.4) is 0 Å². The van der Waals surface area contributed by atoms with Gasteiger partial charge in [0.15, 0.2) is 6.10 Å². The molecule has 1 N–H and O–H groups in total. The van der Waals surface area contributed by atoms with E-state index in [1.807, 2.05) is 6.92 Å². The smallest absolute Gasteiger partial charge is 0.338 e. The number of aromatic nitrogens is 3. The molecule has 0 aliphatic heterocycles. The van der Waals surface area contributed by atoms with Gasteiger partial charge in [-0.3, -0.25) is 4.79 Å². The molecule has 27 heavy (non-hydrogen) atoms. The highest BCUT2D eigenvalue weighted by atomic mass is 35.5. The van der Waals surface area contributed by atoms with E-state index in [0.29, 0.717) is 27.8 Å². The van der Waals surface area contributed by atoms with Gasteiger partial charge in [0.2, 0.25) is 0 Å². The topological polar surface area (TPSA) is 86.1 Å². The maximum atomic E-state index is 12.3. The van der Waals surface area contributed by atoms with Gasteiger partial charge in [-0.1, -0.05) is 28.4 Å². The van der Waals surface area contributed by atoms with Crippen LogP contribution in [0.2, 0.25) is 10.0 Å². The molecule has 140 valence electrons. The number of nitrogens with one attached hydrogen (secondary N) is 1. The van der Waals surface area contributed by atoms with Gasteiger partial charge in [0.25, 0.3) is 5.91 Å². The van der Waals surface area contributed by atoms with Crippen LogP contribution >= 0.6 is 23.2 Å². The molecule has 0 aliphatic rings. The first-order valence-corrected chi connectivity index (χ1v) is 8.94. The first-order chi connectivity index (χ1) is 12.9. The van der Waals surface area contributed by atoms with Crippen LogP contribution < -0.4 is 5.32 Å².